The van der Waals surface area contributed by atoms with Crippen LogP contribution in [0.25, 0.3) is 0 Å². The molecule has 140 valence electrons. The Kier molecular flexibility index (Phi) is 5.12. The first kappa shape index (κ1) is 17.1. The molecule has 4 fully saturated rings. The molecule has 1 aliphatic carbocycles. The maximum atomic E-state index is 12.8. The topological polar surface area (TPSA) is 56.3 Å². The number of urea groups is 1. The number of amides is 3. The predicted molar refractivity (Wildman–Crippen MR) is 93.3 cm³/mol. The number of carbonyl (C=O) groups excluding carboxylic acids is 2. The van der Waals surface area contributed by atoms with Crippen molar-refractivity contribution in [1.82, 2.24) is 19.6 Å². The summed E-state index contributed by atoms with van der Waals surface area (Å²) in [5.74, 6) is 0.252. The first-order chi connectivity index (χ1) is 12.2. The van der Waals surface area contributed by atoms with Crippen molar-refractivity contribution in [3.05, 3.63) is 0 Å². The second-order valence-electron chi connectivity index (χ2n) is 7.78. The Labute approximate surface area is 149 Å². The van der Waals surface area contributed by atoms with Crippen molar-refractivity contribution in [2.75, 3.05) is 65.6 Å². The summed E-state index contributed by atoms with van der Waals surface area (Å²) < 4.78 is 5.29. The molecule has 25 heavy (non-hydrogen) atoms. The van der Waals surface area contributed by atoms with E-state index in [2.05, 4.69) is 4.90 Å². The van der Waals surface area contributed by atoms with Crippen LogP contribution >= 0.6 is 0 Å². The Morgan fingerprint density at radius 2 is 1.52 bits per heavy atom. The molecular weight excluding hydrogens is 320 g/mol. The number of rotatable bonds is 2. The summed E-state index contributed by atoms with van der Waals surface area (Å²) in [6, 6.07) is 0.833. The third-order valence-corrected chi connectivity index (χ3v) is 6.22. The van der Waals surface area contributed by atoms with Gasteiger partial charge < -0.3 is 19.4 Å². The van der Waals surface area contributed by atoms with E-state index in [4.69, 9.17) is 4.74 Å². The quantitative estimate of drug-likeness (QED) is 0.726. The Balaban J connectivity index is 1.23. The van der Waals surface area contributed by atoms with Crippen molar-refractivity contribution in [3.63, 3.8) is 0 Å². The van der Waals surface area contributed by atoms with Gasteiger partial charge in [-0.1, -0.05) is 6.42 Å². The predicted octanol–water partition coefficient (Wildman–Crippen LogP) is 0.457. The van der Waals surface area contributed by atoms with Crippen LogP contribution in [0, 0.1) is 5.92 Å². The molecule has 3 amide bonds. The van der Waals surface area contributed by atoms with Crippen LogP contribution in [0.1, 0.15) is 25.7 Å². The SMILES string of the molecule is O=C(C1CN(C(=O)N2CCOCC2)C1)N1CCCN(C2CCC2)CC1. The molecule has 7 nitrogen and oxygen atoms in total. The third-order valence-electron chi connectivity index (χ3n) is 6.22. The minimum Gasteiger partial charge on any atom is -0.378 e. The summed E-state index contributed by atoms with van der Waals surface area (Å²) in [4.78, 5) is 33.4. The van der Waals surface area contributed by atoms with Crippen molar-refractivity contribution in [2.45, 2.75) is 31.7 Å². The number of carbonyl (C=O) groups is 2. The number of ether oxygens (including phenoxy) is 1. The van der Waals surface area contributed by atoms with Gasteiger partial charge in [-0.2, -0.15) is 0 Å². The van der Waals surface area contributed by atoms with Gasteiger partial charge in [0.25, 0.3) is 0 Å². The van der Waals surface area contributed by atoms with Crippen LogP contribution in [-0.4, -0.2) is 103 Å². The fourth-order valence-corrected chi connectivity index (χ4v) is 4.28. The van der Waals surface area contributed by atoms with Crippen molar-refractivity contribution in [1.29, 1.82) is 0 Å². The minimum absolute atomic E-state index is 0.000225. The van der Waals surface area contributed by atoms with Gasteiger partial charge in [0.15, 0.2) is 0 Å². The highest BCUT2D eigenvalue weighted by atomic mass is 16.5. The molecule has 0 atom stereocenters. The molecule has 0 aromatic rings. The van der Waals surface area contributed by atoms with E-state index in [0.29, 0.717) is 39.4 Å². The summed E-state index contributed by atoms with van der Waals surface area (Å²) in [6.45, 7) is 7.59. The van der Waals surface area contributed by atoms with Gasteiger partial charge in [0, 0.05) is 58.4 Å². The maximum absolute atomic E-state index is 12.8. The van der Waals surface area contributed by atoms with Gasteiger partial charge in [0.2, 0.25) is 5.91 Å². The Morgan fingerprint density at radius 3 is 2.20 bits per heavy atom. The number of likely N-dealkylation sites (tertiary alicyclic amines) is 1. The standard InChI is InChI=1S/C18H30N4O3/c23-17(20-6-2-5-19(7-8-20)16-3-1-4-16)15-13-22(14-15)18(24)21-9-11-25-12-10-21/h15-16H,1-14H2. The Bertz CT molecular complexity index is 499. The van der Waals surface area contributed by atoms with E-state index in [9.17, 15) is 9.59 Å². The lowest BCUT2D eigenvalue weighted by molar-refractivity contribution is -0.139. The Hall–Kier alpha value is -1.34. The average molecular weight is 350 g/mol. The second kappa shape index (κ2) is 7.50. The zero-order valence-electron chi connectivity index (χ0n) is 15.1. The molecule has 1 saturated carbocycles. The molecule has 3 heterocycles. The highest BCUT2D eigenvalue weighted by Gasteiger charge is 2.40. The molecule has 4 rings (SSSR count). The van der Waals surface area contributed by atoms with Gasteiger partial charge in [0.1, 0.15) is 0 Å². The fraction of sp³-hybridized carbons (Fsp3) is 0.889. The molecule has 0 unspecified atom stereocenters. The molecule has 0 N–H and O–H groups in total. The summed E-state index contributed by atoms with van der Waals surface area (Å²) in [5, 5.41) is 0. The van der Waals surface area contributed by atoms with Crippen LogP contribution in [0.15, 0.2) is 0 Å². The molecular formula is C18H30N4O3. The van der Waals surface area contributed by atoms with Crippen molar-refractivity contribution in [3.8, 4) is 0 Å². The van der Waals surface area contributed by atoms with Crippen LogP contribution in [0.2, 0.25) is 0 Å². The lowest BCUT2D eigenvalue weighted by Crippen LogP contribution is -2.60. The molecule has 3 aliphatic heterocycles. The number of morpholine rings is 1. The molecule has 0 radical (unpaired) electrons. The third kappa shape index (κ3) is 3.62. The lowest BCUT2D eigenvalue weighted by atomic mass is 9.91. The molecule has 0 bridgehead atoms. The minimum atomic E-state index is 0.000225. The summed E-state index contributed by atoms with van der Waals surface area (Å²) in [6.07, 6.45) is 5.09. The van der Waals surface area contributed by atoms with E-state index in [1.54, 1.807) is 0 Å². The summed E-state index contributed by atoms with van der Waals surface area (Å²) >= 11 is 0. The van der Waals surface area contributed by atoms with Gasteiger partial charge >= 0.3 is 6.03 Å². The second-order valence-corrected chi connectivity index (χ2v) is 7.78. The van der Waals surface area contributed by atoms with Crippen LogP contribution in [0.5, 0.6) is 0 Å². The van der Waals surface area contributed by atoms with Gasteiger partial charge in [-0.3, -0.25) is 9.69 Å². The zero-order chi connectivity index (χ0) is 17.2. The van der Waals surface area contributed by atoms with E-state index in [-0.39, 0.29) is 17.9 Å². The summed E-state index contributed by atoms with van der Waals surface area (Å²) in [5.41, 5.74) is 0. The molecule has 0 spiro atoms. The number of hydrogen-bond acceptors (Lipinski definition) is 4. The van der Waals surface area contributed by atoms with Gasteiger partial charge in [-0.05, 0) is 19.3 Å². The van der Waals surface area contributed by atoms with Crippen LogP contribution in [0.4, 0.5) is 4.79 Å². The van der Waals surface area contributed by atoms with Crippen molar-refractivity contribution >= 4 is 11.9 Å². The van der Waals surface area contributed by atoms with Gasteiger partial charge in [0.05, 0.1) is 19.1 Å². The molecule has 3 saturated heterocycles. The number of hydrogen-bond donors (Lipinski definition) is 0. The fourth-order valence-electron chi connectivity index (χ4n) is 4.28. The first-order valence-electron chi connectivity index (χ1n) is 9.87. The average Bonchev–Trinajstić information content (AvgIpc) is 2.78. The Morgan fingerprint density at radius 1 is 0.760 bits per heavy atom. The molecule has 0 aromatic carbocycles. The van der Waals surface area contributed by atoms with Crippen LogP contribution < -0.4 is 0 Å². The highest BCUT2D eigenvalue weighted by molar-refractivity contribution is 5.84. The van der Waals surface area contributed by atoms with E-state index in [1.165, 1.54) is 19.3 Å². The highest BCUT2D eigenvalue weighted by Crippen LogP contribution is 2.26. The van der Waals surface area contributed by atoms with E-state index < -0.39 is 0 Å². The van der Waals surface area contributed by atoms with Crippen molar-refractivity contribution in [2.24, 2.45) is 5.92 Å². The monoisotopic (exact) mass is 350 g/mol. The first-order valence-corrected chi connectivity index (χ1v) is 9.87. The van der Waals surface area contributed by atoms with Gasteiger partial charge in [-0.15, -0.1) is 0 Å². The maximum Gasteiger partial charge on any atom is 0.320 e. The van der Waals surface area contributed by atoms with Crippen molar-refractivity contribution < 1.29 is 14.3 Å². The molecule has 0 aromatic heterocycles. The zero-order valence-corrected chi connectivity index (χ0v) is 15.1. The molecule has 7 heteroatoms. The lowest BCUT2D eigenvalue weighted by Gasteiger charge is -2.43. The summed E-state index contributed by atoms with van der Waals surface area (Å²) in [7, 11) is 0. The number of nitrogens with zero attached hydrogens (tertiary/aromatic N) is 4. The largest absolute Gasteiger partial charge is 0.378 e. The van der Waals surface area contributed by atoms with Crippen LogP contribution in [-0.2, 0) is 9.53 Å². The van der Waals surface area contributed by atoms with E-state index in [0.717, 1.165) is 38.6 Å². The van der Waals surface area contributed by atoms with E-state index >= 15 is 0 Å². The van der Waals surface area contributed by atoms with Gasteiger partial charge in [-0.25, -0.2) is 4.79 Å². The molecule has 4 aliphatic rings. The van der Waals surface area contributed by atoms with E-state index in [1.807, 2.05) is 14.7 Å². The normalized spacial score (nSPS) is 26.8. The van der Waals surface area contributed by atoms with Crippen LogP contribution in [0.3, 0.4) is 0 Å². The smallest absolute Gasteiger partial charge is 0.320 e.